The molecule has 0 N–H and O–H groups in total. The van der Waals surface area contributed by atoms with Crippen LogP contribution in [-0.4, -0.2) is 13.2 Å². The van der Waals surface area contributed by atoms with Crippen LogP contribution in [-0.2, 0) is 20.5 Å². The minimum atomic E-state index is -6.33. The van der Waals surface area contributed by atoms with E-state index in [4.69, 9.17) is 36.9 Å². The Balaban J connectivity index is 4.58. The molecule has 0 rings (SSSR count). The number of halogens is 3. The Kier molecular flexibility index (Phi) is 6.05. The van der Waals surface area contributed by atoms with Gasteiger partial charge >= 0.3 is 116 Å². The third kappa shape index (κ3) is 8.82. The average Bonchev–Trinajstić information content (AvgIpc) is 2.22. The first-order chi connectivity index (χ1) is 7.41. The molecule has 2 atom stereocenters. The average molecular weight is 348 g/mol. The summed E-state index contributed by atoms with van der Waals surface area (Å²) in [4.78, 5) is 0. The van der Waals surface area contributed by atoms with Gasteiger partial charge in [0.1, 0.15) is 0 Å². The zero-order chi connectivity index (χ0) is 13.8. The van der Waals surface area contributed by atoms with Gasteiger partial charge in [-0.2, -0.15) is 0 Å². The van der Waals surface area contributed by atoms with Crippen LogP contribution >= 0.6 is 29.5 Å². The van der Waals surface area contributed by atoms with Crippen molar-refractivity contribution in [1.82, 2.24) is 0 Å². The number of rotatable bonds is 8. The summed E-state index contributed by atoms with van der Waals surface area (Å²) >= 11 is 0. The molecule has 2 unspecified atom stereocenters. The second-order valence-electron chi connectivity index (χ2n) is 4.65. The van der Waals surface area contributed by atoms with Gasteiger partial charge < -0.3 is 0 Å². The van der Waals surface area contributed by atoms with Crippen LogP contribution in [0.1, 0.15) is 40.5 Å². The molecule has 0 aliphatic rings. The quantitative estimate of drug-likeness (QED) is 0.621. The van der Waals surface area contributed by atoms with Gasteiger partial charge in [-0.25, -0.2) is 0 Å². The molecule has 0 saturated heterocycles. The van der Waals surface area contributed by atoms with E-state index in [0.29, 0.717) is 0 Å². The second kappa shape index (κ2) is 5.66. The summed E-state index contributed by atoms with van der Waals surface area (Å²) in [5.74, 6) is 0.312. The van der Waals surface area contributed by atoms with Crippen molar-refractivity contribution < 1.29 is 20.5 Å². The molecule has 0 fully saturated rings. The fraction of sp³-hybridized carbons (Fsp3) is 1.00. The Morgan fingerprint density at radius 3 is 1.47 bits per heavy atom. The standard InChI is InChI=1S/2C5H11O.3ClH.O.V/c2*1-3-5(2)4-6;;;;;/h2*5H,3-4H2,1-2H3;3*1H;;/q2*-1;;;;;+5/p-3. The monoisotopic (exact) mass is 346 g/mol. The molecule has 106 valence electrons. The van der Waals surface area contributed by atoms with Gasteiger partial charge in [0, 0.05) is 0 Å². The van der Waals surface area contributed by atoms with Gasteiger partial charge in [-0.3, -0.25) is 0 Å². The molecule has 0 heterocycles. The Hall–Kier alpha value is 1.17. The molecule has 0 radical (unpaired) electrons. The molecule has 0 aliphatic heterocycles. The first-order valence-electron chi connectivity index (χ1n) is 5.83. The first-order valence-corrected chi connectivity index (χ1v) is 13.3. The first kappa shape index (κ1) is 18.2. The molecule has 0 saturated carbocycles. The van der Waals surface area contributed by atoms with Gasteiger partial charge in [0.05, 0.1) is 0 Å². The zero-order valence-corrected chi connectivity index (χ0v) is 14.5. The minimum absolute atomic E-state index is 0.108. The SMILES string of the molecule is CCC(C)C[O][V](=[O])([Cl])([Cl])([Cl])[O]CC(C)CC. The normalized spacial score (nSPS) is 20.4. The van der Waals surface area contributed by atoms with Crippen LogP contribution in [0.4, 0.5) is 0 Å². The predicted octanol–water partition coefficient (Wildman–Crippen LogP) is 4.97. The van der Waals surface area contributed by atoms with E-state index in [1.807, 2.05) is 27.7 Å². The van der Waals surface area contributed by atoms with Crippen LogP contribution < -0.4 is 0 Å². The Morgan fingerprint density at radius 2 is 1.24 bits per heavy atom. The van der Waals surface area contributed by atoms with Crippen molar-refractivity contribution in [2.75, 3.05) is 13.2 Å². The van der Waals surface area contributed by atoms with Crippen molar-refractivity contribution in [2.24, 2.45) is 11.8 Å². The molecular weight excluding hydrogens is 325 g/mol. The van der Waals surface area contributed by atoms with Crippen LogP contribution in [0.25, 0.3) is 0 Å². The molecule has 7 heteroatoms. The van der Waals surface area contributed by atoms with Gasteiger partial charge in [0.25, 0.3) is 0 Å². The summed E-state index contributed by atoms with van der Waals surface area (Å²) < 4.78 is 22.4. The van der Waals surface area contributed by atoms with Crippen molar-refractivity contribution >= 4 is 29.5 Å². The molecular formula is C10H22Cl3O3V. The second-order valence-corrected chi connectivity index (χ2v) is 20.1. The topological polar surface area (TPSA) is 35.5 Å². The fourth-order valence-electron chi connectivity index (χ4n) is 0.818. The van der Waals surface area contributed by atoms with E-state index in [0.717, 1.165) is 12.8 Å². The van der Waals surface area contributed by atoms with Crippen molar-refractivity contribution in [2.45, 2.75) is 40.5 Å². The zero-order valence-electron chi connectivity index (χ0n) is 10.8. The molecule has 0 aliphatic carbocycles. The molecule has 17 heavy (non-hydrogen) atoms. The van der Waals surface area contributed by atoms with E-state index in [-0.39, 0.29) is 25.0 Å². The van der Waals surface area contributed by atoms with Crippen LogP contribution in [0.3, 0.4) is 0 Å². The van der Waals surface area contributed by atoms with Gasteiger partial charge in [-0.05, 0) is 0 Å². The summed E-state index contributed by atoms with van der Waals surface area (Å²) in [6, 6.07) is 0. The number of hydrogen-bond acceptors (Lipinski definition) is 3. The summed E-state index contributed by atoms with van der Waals surface area (Å²) in [5.41, 5.74) is 0. The fourth-order valence-corrected chi connectivity index (χ4v) is 4.03. The summed E-state index contributed by atoms with van der Waals surface area (Å²) in [7, 11) is 10.9. The maximum atomic E-state index is 12.3. The Bertz CT molecular complexity index is 304. The van der Waals surface area contributed by atoms with Gasteiger partial charge in [-0.1, -0.05) is 0 Å². The molecule has 0 aromatic rings. The molecule has 0 spiro atoms. The summed E-state index contributed by atoms with van der Waals surface area (Å²) in [6.45, 7) is 8.00. The Morgan fingerprint density at radius 1 is 0.941 bits per heavy atom. The molecule has 3 nitrogen and oxygen atoms in total. The maximum absolute atomic E-state index is 12.3. The van der Waals surface area contributed by atoms with Crippen molar-refractivity contribution in [3.05, 3.63) is 0 Å². The molecule has 0 bridgehead atoms. The van der Waals surface area contributed by atoms with E-state index in [9.17, 15) is 3.67 Å². The van der Waals surface area contributed by atoms with Crippen molar-refractivity contribution in [3.63, 3.8) is 0 Å². The molecule has 0 aromatic carbocycles. The Labute approximate surface area is 115 Å². The molecule has 0 amide bonds. The van der Waals surface area contributed by atoms with Gasteiger partial charge in [0.15, 0.2) is 0 Å². The van der Waals surface area contributed by atoms with E-state index >= 15 is 0 Å². The van der Waals surface area contributed by atoms with Crippen LogP contribution in [0.15, 0.2) is 0 Å². The summed E-state index contributed by atoms with van der Waals surface area (Å²) in [6.07, 6.45) is 1.69. The van der Waals surface area contributed by atoms with Crippen LogP contribution in [0, 0.1) is 11.8 Å². The van der Waals surface area contributed by atoms with Gasteiger partial charge in [0.2, 0.25) is 0 Å². The third-order valence-electron chi connectivity index (χ3n) is 2.62. The molecule has 0 aromatic heterocycles. The van der Waals surface area contributed by atoms with Crippen molar-refractivity contribution in [1.29, 1.82) is 0 Å². The summed E-state index contributed by atoms with van der Waals surface area (Å²) in [5, 5.41) is 0. The van der Waals surface area contributed by atoms with E-state index in [1.54, 1.807) is 0 Å². The van der Waals surface area contributed by atoms with Gasteiger partial charge in [-0.15, -0.1) is 0 Å². The van der Waals surface area contributed by atoms with E-state index < -0.39 is 9.53 Å². The third-order valence-corrected chi connectivity index (χ3v) is 7.07. The van der Waals surface area contributed by atoms with E-state index in [1.165, 1.54) is 0 Å². The van der Waals surface area contributed by atoms with Crippen LogP contribution in [0.5, 0.6) is 0 Å². The van der Waals surface area contributed by atoms with E-state index in [2.05, 4.69) is 0 Å². The van der Waals surface area contributed by atoms with Crippen LogP contribution in [0.2, 0.25) is 0 Å². The van der Waals surface area contributed by atoms with Crippen molar-refractivity contribution in [3.8, 4) is 0 Å². The number of hydrogen-bond donors (Lipinski definition) is 0. The predicted molar refractivity (Wildman–Crippen MR) is 69.1 cm³/mol.